The van der Waals surface area contributed by atoms with Crippen LogP contribution in [-0.4, -0.2) is 106 Å². The Balaban J connectivity index is 0.990. The average molecular weight is 1150 g/mol. The number of nitrogen functional groups attached to an aromatic ring is 4. The molecule has 0 spiro atoms. The van der Waals surface area contributed by atoms with Crippen molar-refractivity contribution in [1.82, 2.24) is 19.6 Å². The van der Waals surface area contributed by atoms with Gasteiger partial charge in [0.15, 0.2) is 24.4 Å². The monoisotopic (exact) mass is 1140 g/mol. The van der Waals surface area contributed by atoms with Crippen LogP contribution < -0.4 is 43.0 Å². The Bertz CT molecular complexity index is 2640. The summed E-state index contributed by atoms with van der Waals surface area (Å²) in [7, 11) is 0. The number of nitrogens with two attached hydrogens (primary N) is 4. The lowest BCUT2D eigenvalue weighted by molar-refractivity contribution is -0.198. The van der Waals surface area contributed by atoms with Crippen molar-refractivity contribution in [2.24, 2.45) is 0 Å². The predicted octanol–water partition coefficient (Wildman–Crippen LogP) is 7.38. The number of carbonyl (C=O) groups excluding carboxylic acids is 2. The number of hydrogen-bond donors (Lipinski definition) is 8. The molecule has 0 radical (unpaired) electrons. The summed E-state index contributed by atoms with van der Waals surface area (Å²) < 4.78 is 26.7. The van der Waals surface area contributed by atoms with Gasteiger partial charge in [-0.25, -0.2) is 9.59 Å². The molecule has 6 unspecified atom stereocenters. The molecule has 0 bridgehead atoms. The topological polar surface area (TPSA) is 253 Å². The Morgan fingerprint density at radius 3 is 1.35 bits per heavy atom. The number of benzene rings is 4. The molecule has 2 aromatic heterocycles. The van der Waals surface area contributed by atoms with Gasteiger partial charge in [-0.1, -0.05) is 36.4 Å². The second-order valence-electron chi connectivity index (χ2n) is 16.5. The van der Waals surface area contributed by atoms with Crippen LogP contribution in [0.4, 0.5) is 34.1 Å². The van der Waals surface area contributed by atoms with Gasteiger partial charge in [0.2, 0.25) is 0 Å². The first-order valence-electron chi connectivity index (χ1n) is 22.6. The van der Waals surface area contributed by atoms with Crippen LogP contribution in [-0.2, 0) is 19.1 Å². The Hall–Kier alpha value is -6.82. The summed E-state index contributed by atoms with van der Waals surface area (Å²) in [6.45, 7) is 1.74. The van der Waals surface area contributed by atoms with E-state index in [1.54, 1.807) is 80.8 Å². The van der Waals surface area contributed by atoms with Crippen LogP contribution >= 0.6 is 54.5 Å². The summed E-state index contributed by atoms with van der Waals surface area (Å²) in [5.74, 6) is -1.74. The van der Waals surface area contributed by atoms with Gasteiger partial charge in [-0.15, -0.1) is 22.7 Å². The largest absolute Gasteiger partial charge is 0.481 e. The maximum Gasteiger partial charge on any atom is 0.341 e. The minimum absolute atomic E-state index is 0.144. The molecular formula is C50H54Br2N10O8S2. The number of anilines is 6. The van der Waals surface area contributed by atoms with Crippen molar-refractivity contribution < 1.29 is 38.7 Å². The van der Waals surface area contributed by atoms with E-state index in [1.807, 2.05) is 83.6 Å². The van der Waals surface area contributed by atoms with Crippen molar-refractivity contribution in [3.8, 4) is 11.5 Å². The molecule has 6 aromatic rings. The highest BCUT2D eigenvalue weighted by molar-refractivity contribution is 9.11. The number of esters is 2. The van der Waals surface area contributed by atoms with Gasteiger partial charge in [0, 0.05) is 92.4 Å². The standard InChI is InChI=1S/C50H54Br2N10O8S2/c51-33-7-1-3-9-37(33)57-17-19-59-21-23-61(29-41(43-11-5-25-71-43)67-39-15-13-31(53)27-35(39)55)49(59)69-47(65)45(63)46(64)48(66)70-50-60(20-18-58-38-10-4-2-8-34(38)52)22-24-62(50)30-42(44-12-6-26-72-44)68-40-16-14-32(54)28-36(40)56/h1-16,21-28,41-42,45-46,49-50,57-58,63-64H,17-20,29-30,53-56H2. The zero-order valence-corrected chi connectivity index (χ0v) is 43.4. The number of ether oxygens (including phenoxy) is 4. The third-order valence-electron chi connectivity index (χ3n) is 11.5. The van der Waals surface area contributed by atoms with E-state index in [1.165, 1.54) is 22.7 Å². The molecule has 2 aliphatic rings. The molecule has 4 aromatic carbocycles. The van der Waals surface area contributed by atoms with E-state index < -0.39 is 49.1 Å². The Kier molecular flexibility index (Phi) is 17.2. The molecule has 0 aliphatic carbocycles. The van der Waals surface area contributed by atoms with Gasteiger partial charge in [-0.3, -0.25) is 0 Å². The Labute approximate surface area is 441 Å². The van der Waals surface area contributed by atoms with E-state index >= 15 is 0 Å². The van der Waals surface area contributed by atoms with Crippen molar-refractivity contribution in [3.05, 3.63) is 163 Å². The van der Waals surface area contributed by atoms with E-state index in [-0.39, 0.29) is 13.1 Å². The normalized spacial score (nSPS) is 16.8. The van der Waals surface area contributed by atoms with Gasteiger partial charge >= 0.3 is 11.9 Å². The fourth-order valence-corrected chi connectivity index (χ4v) is 10.1. The maximum atomic E-state index is 14.0. The summed E-state index contributed by atoms with van der Waals surface area (Å²) in [4.78, 5) is 36.7. The number of carbonyl (C=O) groups is 2. The van der Waals surface area contributed by atoms with Crippen LogP contribution in [0.5, 0.6) is 11.5 Å². The summed E-state index contributed by atoms with van der Waals surface area (Å²) in [5.41, 5.74) is 27.9. The molecule has 12 N–H and O–H groups in total. The van der Waals surface area contributed by atoms with Crippen LogP contribution in [0.2, 0.25) is 0 Å². The smallest absolute Gasteiger partial charge is 0.341 e. The average Bonchev–Trinajstić information content (AvgIpc) is 4.22. The number of hydrogen-bond acceptors (Lipinski definition) is 20. The summed E-state index contributed by atoms with van der Waals surface area (Å²) in [6.07, 6.45) is -1.29. The van der Waals surface area contributed by atoms with Crippen molar-refractivity contribution >= 4 is 101 Å². The molecular weight excluding hydrogens is 1090 g/mol. The fraction of sp³-hybridized carbons (Fsp3) is 0.240. The van der Waals surface area contributed by atoms with Crippen molar-refractivity contribution in [2.45, 2.75) is 37.1 Å². The number of nitrogens with one attached hydrogen (secondary N) is 2. The molecule has 2 aliphatic heterocycles. The van der Waals surface area contributed by atoms with Crippen LogP contribution in [0.1, 0.15) is 22.0 Å². The second-order valence-corrected chi connectivity index (χ2v) is 20.2. The highest BCUT2D eigenvalue weighted by Gasteiger charge is 2.41. The molecule has 0 fully saturated rings. The molecule has 4 heterocycles. The fourth-order valence-electron chi connectivity index (χ4n) is 7.77. The zero-order chi connectivity index (χ0) is 50.7. The zero-order valence-electron chi connectivity index (χ0n) is 38.6. The van der Waals surface area contributed by atoms with Gasteiger partial charge in [-0.2, -0.15) is 0 Å². The molecule has 18 nitrogen and oxygen atoms in total. The minimum atomic E-state index is -2.36. The van der Waals surface area contributed by atoms with Crippen LogP contribution in [0.3, 0.4) is 0 Å². The minimum Gasteiger partial charge on any atom is -0.481 e. The van der Waals surface area contributed by atoms with E-state index in [0.717, 1.165) is 30.1 Å². The molecule has 0 saturated carbocycles. The number of para-hydroxylation sites is 2. The van der Waals surface area contributed by atoms with Gasteiger partial charge in [-0.05, 0) is 115 Å². The SMILES string of the molecule is Nc1ccc(OC(CN2C=CN(CCNc3ccccc3Br)C2OC(=O)C(O)C(O)C(=O)OC2N(CCNc3ccccc3Br)C=CN2CC(Oc2ccc(N)cc2N)c2cccs2)c2cccs2)c(N)c1. The highest BCUT2D eigenvalue weighted by atomic mass is 79.9. The number of thiophene rings is 2. The second kappa shape index (κ2) is 24.1. The maximum absolute atomic E-state index is 14.0. The van der Waals surface area contributed by atoms with Gasteiger partial charge in [0.1, 0.15) is 11.5 Å². The summed E-state index contributed by atoms with van der Waals surface area (Å²) in [5, 5.41) is 33.5. The van der Waals surface area contributed by atoms with Gasteiger partial charge < -0.3 is 82.3 Å². The molecule has 72 heavy (non-hydrogen) atoms. The van der Waals surface area contributed by atoms with Crippen molar-refractivity contribution in [3.63, 3.8) is 0 Å². The van der Waals surface area contributed by atoms with Crippen LogP contribution in [0.15, 0.2) is 154 Å². The molecule has 6 atom stereocenters. The number of aliphatic hydroxyl groups is 2. The first-order valence-corrected chi connectivity index (χ1v) is 26.0. The van der Waals surface area contributed by atoms with E-state index in [4.69, 9.17) is 41.9 Å². The highest BCUT2D eigenvalue weighted by Crippen LogP contribution is 2.35. The number of nitrogens with zero attached hydrogens (tertiary/aromatic N) is 4. The van der Waals surface area contributed by atoms with E-state index in [9.17, 15) is 19.8 Å². The van der Waals surface area contributed by atoms with Gasteiger partial charge in [0.05, 0.1) is 24.5 Å². The molecule has 0 saturated heterocycles. The predicted molar refractivity (Wildman–Crippen MR) is 288 cm³/mol. The van der Waals surface area contributed by atoms with Crippen molar-refractivity contribution in [1.29, 1.82) is 0 Å². The van der Waals surface area contributed by atoms with Gasteiger partial charge in [0.25, 0.3) is 12.7 Å². The first-order chi connectivity index (χ1) is 34.8. The van der Waals surface area contributed by atoms with Crippen LogP contribution in [0.25, 0.3) is 0 Å². The summed E-state index contributed by atoms with van der Waals surface area (Å²) >= 11 is 10.1. The van der Waals surface area contributed by atoms with Crippen molar-refractivity contribution in [2.75, 3.05) is 72.8 Å². The summed E-state index contributed by atoms with van der Waals surface area (Å²) in [6, 6.07) is 32.9. The number of aliphatic hydroxyl groups excluding tert-OH is 2. The molecule has 0 amide bonds. The van der Waals surface area contributed by atoms with E-state index in [2.05, 4.69) is 42.5 Å². The number of rotatable bonds is 23. The Morgan fingerprint density at radius 2 is 0.972 bits per heavy atom. The third kappa shape index (κ3) is 13.0. The van der Waals surface area contributed by atoms with E-state index in [0.29, 0.717) is 60.4 Å². The first kappa shape index (κ1) is 51.5. The lowest BCUT2D eigenvalue weighted by Crippen LogP contribution is -2.51. The number of halogens is 2. The molecule has 378 valence electrons. The Morgan fingerprint density at radius 1 is 0.569 bits per heavy atom. The molecule has 22 heteroatoms. The lowest BCUT2D eigenvalue weighted by Gasteiger charge is -2.35. The quantitative estimate of drug-likeness (QED) is 0.0230. The molecule has 8 rings (SSSR count). The lowest BCUT2D eigenvalue weighted by atomic mass is 10.2. The third-order valence-corrected chi connectivity index (χ3v) is 14.8. The van der Waals surface area contributed by atoms with Crippen LogP contribution in [0, 0.1) is 0 Å².